The van der Waals surface area contributed by atoms with E-state index in [-0.39, 0.29) is 32.5 Å². The van der Waals surface area contributed by atoms with Crippen LogP contribution in [0, 0.1) is 32.5 Å². The lowest BCUT2D eigenvalue weighted by Gasteiger charge is -2.30. The minimum absolute atomic E-state index is 0.0976. The maximum Gasteiger partial charge on any atom is 0.0702 e. The summed E-state index contributed by atoms with van der Waals surface area (Å²) in [5, 5.41) is 0. The van der Waals surface area contributed by atoms with Gasteiger partial charge in [-0.25, -0.2) is 0 Å². The molecule has 0 amide bonds. The van der Waals surface area contributed by atoms with Gasteiger partial charge in [-0.2, -0.15) is 0 Å². The minimum atomic E-state index is -0.133. The van der Waals surface area contributed by atoms with Crippen molar-refractivity contribution in [3.8, 4) is 33.6 Å². The fourth-order valence-corrected chi connectivity index (χ4v) is 14.1. The number of pyridine rings is 3. The van der Waals surface area contributed by atoms with Gasteiger partial charge in [0.05, 0.1) is 17.1 Å². The van der Waals surface area contributed by atoms with Crippen LogP contribution in [-0.4, -0.2) is 15.0 Å². The highest BCUT2D eigenvalue weighted by Crippen LogP contribution is 2.65. The molecule has 0 atom stereocenters. The summed E-state index contributed by atoms with van der Waals surface area (Å²) in [7, 11) is 0. The first-order valence-corrected chi connectivity index (χ1v) is 25.1. The van der Waals surface area contributed by atoms with Crippen molar-refractivity contribution in [1.82, 2.24) is 15.0 Å². The molecule has 3 heterocycles. The van der Waals surface area contributed by atoms with Gasteiger partial charge in [-0.1, -0.05) is 192 Å². The van der Waals surface area contributed by atoms with Crippen molar-refractivity contribution in [2.45, 2.75) is 102 Å². The molecule has 4 aromatic carbocycles. The Kier molecular flexibility index (Phi) is 11.1. The molecule has 69 heavy (non-hydrogen) atoms. The topological polar surface area (TPSA) is 38.7 Å². The van der Waals surface area contributed by atoms with Gasteiger partial charge in [0, 0.05) is 35.3 Å². The number of hydrogen-bond donors (Lipinski definition) is 0. The standard InChI is InChI=1S/C66H69N3/c1-61(2)40-63(5,6)57(55(61)47-29-31-52(67-38-47)44-24-18-14-19-25-44)49-34-50(58-56(62(3,4)41-64(58,7)8)48-30-32-53(68-39-48)45-26-20-15-21-27-45)36-51(35-49)59-60(66(11,12)42-65(59,9)10)54-33-28-46(37-69-54)43-22-16-13-17-23-43/h13-39H,40-42H2,1-12H3. The van der Waals surface area contributed by atoms with Gasteiger partial charge in [0.25, 0.3) is 0 Å². The van der Waals surface area contributed by atoms with Crippen molar-refractivity contribution >= 4 is 33.4 Å². The van der Waals surface area contributed by atoms with Crippen LogP contribution in [0.15, 0.2) is 164 Å². The molecule has 3 aromatic heterocycles. The first-order chi connectivity index (χ1) is 32.7. The molecule has 3 aliphatic carbocycles. The minimum Gasteiger partial charge on any atom is -0.256 e. The molecule has 0 spiro atoms. The Hall–Kier alpha value is -6.45. The van der Waals surface area contributed by atoms with Crippen LogP contribution in [-0.2, 0) is 0 Å². The van der Waals surface area contributed by atoms with E-state index in [9.17, 15) is 0 Å². The molecule has 0 N–H and O–H groups in total. The lowest BCUT2D eigenvalue weighted by molar-refractivity contribution is 0.347. The molecule has 0 bridgehead atoms. The molecule has 0 fully saturated rings. The van der Waals surface area contributed by atoms with Gasteiger partial charge in [-0.3, -0.25) is 15.0 Å². The lowest BCUT2D eigenvalue weighted by Crippen LogP contribution is -2.16. The van der Waals surface area contributed by atoms with Gasteiger partial charge < -0.3 is 0 Å². The van der Waals surface area contributed by atoms with Gasteiger partial charge in [-0.15, -0.1) is 0 Å². The Labute approximate surface area is 412 Å². The normalized spacial score (nSPS) is 19.7. The maximum atomic E-state index is 5.33. The van der Waals surface area contributed by atoms with Crippen LogP contribution in [0.25, 0.3) is 67.1 Å². The Bertz CT molecular complexity index is 2800. The Morgan fingerprint density at radius 3 is 0.855 bits per heavy atom. The van der Waals surface area contributed by atoms with E-state index in [4.69, 9.17) is 15.0 Å². The van der Waals surface area contributed by atoms with Gasteiger partial charge in [0.1, 0.15) is 0 Å². The van der Waals surface area contributed by atoms with Crippen molar-refractivity contribution in [3.63, 3.8) is 0 Å². The highest BCUT2D eigenvalue weighted by Gasteiger charge is 2.49. The first-order valence-electron chi connectivity index (χ1n) is 25.1. The van der Waals surface area contributed by atoms with Gasteiger partial charge in [0.15, 0.2) is 0 Å². The summed E-state index contributed by atoms with van der Waals surface area (Å²) in [6, 6.07) is 53.0. The monoisotopic (exact) mass is 904 g/mol. The van der Waals surface area contributed by atoms with Crippen LogP contribution in [0.5, 0.6) is 0 Å². The highest BCUT2D eigenvalue weighted by atomic mass is 14.7. The van der Waals surface area contributed by atoms with Crippen molar-refractivity contribution in [2.75, 3.05) is 0 Å². The fourth-order valence-electron chi connectivity index (χ4n) is 14.1. The van der Waals surface area contributed by atoms with Crippen LogP contribution in [0.3, 0.4) is 0 Å². The van der Waals surface area contributed by atoms with E-state index in [0.29, 0.717) is 0 Å². The van der Waals surface area contributed by atoms with Gasteiger partial charge in [-0.05, 0) is 155 Å². The summed E-state index contributed by atoms with van der Waals surface area (Å²) in [4.78, 5) is 15.6. The third-order valence-electron chi connectivity index (χ3n) is 15.6. The van der Waals surface area contributed by atoms with Crippen LogP contribution in [0.4, 0.5) is 0 Å². The Balaban J connectivity index is 1.25. The predicted molar refractivity (Wildman–Crippen MR) is 292 cm³/mol. The second-order valence-corrected chi connectivity index (χ2v) is 24.3. The summed E-state index contributed by atoms with van der Waals surface area (Å²) >= 11 is 0. The van der Waals surface area contributed by atoms with Crippen molar-refractivity contribution in [3.05, 3.63) is 198 Å². The molecule has 0 saturated carbocycles. The van der Waals surface area contributed by atoms with Crippen LogP contribution >= 0.6 is 0 Å². The summed E-state index contributed by atoms with van der Waals surface area (Å²) in [6.45, 7) is 29.4. The SMILES string of the molecule is CC1(C)CC(C)(C)C(c2cc(C3=C(c4ccc(-c5ccccc5)nc4)C(C)(C)CC3(C)C)cc(C3=C(c4ccc(-c5ccccc5)cn4)C(C)(C)CC3(C)C)c2)=C1c1ccc(-c2ccccc2)nc1. The molecule has 3 nitrogen and oxygen atoms in total. The average Bonchev–Trinajstić information content (AvgIpc) is 3.75. The van der Waals surface area contributed by atoms with Crippen LogP contribution in [0.1, 0.15) is 136 Å². The van der Waals surface area contributed by atoms with Crippen molar-refractivity contribution < 1.29 is 0 Å². The number of hydrogen-bond acceptors (Lipinski definition) is 3. The summed E-state index contributed by atoms with van der Waals surface area (Å²) in [6.07, 6.45) is 9.42. The van der Waals surface area contributed by atoms with E-state index in [1.807, 2.05) is 0 Å². The van der Waals surface area contributed by atoms with E-state index in [0.717, 1.165) is 53.0 Å². The van der Waals surface area contributed by atoms with E-state index in [1.165, 1.54) is 66.8 Å². The molecule has 10 rings (SSSR count). The average molecular weight is 904 g/mol. The Morgan fingerprint density at radius 1 is 0.246 bits per heavy atom. The summed E-state index contributed by atoms with van der Waals surface area (Å²) in [5.41, 5.74) is 21.6. The smallest absolute Gasteiger partial charge is 0.0702 e. The molecular weight excluding hydrogens is 835 g/mol. The second kappa shape index (κ2) is 16.6. The van der Waals surface area contributed by atoms with Crippen molar-refractivity contribution in [2.24, 2.45) is 32.5 Å². The molecule has 0 radical (unpaired) electrons. The maximum absolute atomic E-state index is 5.33. The van der Waals surface area contributed by atoms with Gasteiger partial charge in [0.2, 0.25) is 0 Å². The largest absolute Gasteiger partial charge is 0.256 e. The molecule has 348 valence electrons. The zero-order chi connectivity index (χ0) is 48.7. The quantitative estimate of drug-likeness (QED) is 0.145. The molecular formula is C66H69N3. The zero-order valence-corrected chi connectivity index (χ0v) is 43.1. The number of aromatic nitrogens is 3. The van der Waals surface area contributed by atoms with Crippen LogP contribution < -0.4 is 0 Å². The molecule has 0 saturated heterocycles. The van der Waals surface area contributed by atoms with E-state index in [2.05, 4.69) is 247 Å². The summed E-state index contributed by atoms with van der Waals surface area (Å²) in [5.74, 6) is 0. The fraction of sp³-hybridized carbons (Fsp3) is 0.318. The van der Waals surface area contributed by atoms with E-state index in [1.54, 1.807) is 0 Å². The summed E-state index contributed by atoms with van der Waals surface area (Å²) < 4.78 is 0. The molecule has 7 aromatic rings. The van der Waals surface area contributed by atoms with Crippen molar-refractivity contribution in [1.29, 1.82) is 0 Å². The van der Waals surface area contributed by atoms with E-state index >= 15 is 0 Å². The molecule has 0 aliphatic heterocycles. The van der Waals surface area contributed by atoms with Gasteiger partial charge >= 0.3 is 0 Å². The Morgan fingerprint density at radius 2 is 0.522 bits per heavy atom. The highest BCUT2D eigenvalue weighted by molar-refractivity contribution is 6.04. The molecule has 3 heteroatoms. The number of benzene rings is 4. The number of allylic oxidation sites excluding steroid dienone is 6. The molecule has 3 aliphatic rings. The second-order valence-electron chi connectivity index (χ2n) is 24.3. The van der Waals surface area contributed by atoms with E-state index < -0.39 is 0 Å². The number of nitrogens with zero attached hydrogens (tertiary/aromatic N) is 3. The third kappa shape index (κ3) is 8.36. The number of rotatable bonds is 9. The lowest BCUT2D eigenvalue weighted by atomic mass is 9.74. The predicted octanol–water partition coefficient (Wildman–Crippen LogP) is 18.0. The zero-order valence-electron chi connectivity index (χ0n) is 43.1. The third-order valence-corrected chi connectivity index (χ3v) is 15.6. The molecule has 0 unspecified atom stereocenters. The van der Waals surface area contributed by atoms with Crippen LogP contribution in [0.2, 0.25) is 0 Å². The first kappa shape index (κ1) is 46.3.